The van der Waals surface area contributed by atoms with Crippen LogP contribution < -0.4 is 19.7 Å². The monoisotopic (exact) mass is 402 g/mol. The Morgan fingerprint density at radius 2 is 2.10 bits per heavy atom. The third kappa shape index (κ3) is 6.03. The van der Waals surface area contributed by atoms with Crippen LogP contribution in [0.3, 0.4) is 0 Å². The highest BCUT2D eigenvalue weighted by Crippen LogP contribution is 2.28. The summed E-state index contributed by atoms with van der Waals surface area (Å²) in [4.78, 5) is 10.6. The van der Waals surface area contributed by atoms with E-state index in [1.165, 1.54) is 0 Å². The quantitative estimate of drug-likeness (QED) is 0.580. The third-order valence-corrected chi connectivity index (χ3v) is 4.99. The predicted molar refractivity (Wildman–Crippen MR) is 111 cm³/mol. The number of β-amino-alcohol motifs (C(OH)–C–C–N with tert-alkyl or cyclic N) is 1. The van der Waals surface area contributed by atoms with Crippen molar-refractivity contribution in [2.75, 3.05) is 52.0 Å². The second-order valence-electron chi connectivity index (χ2n) is 7.24. The zero-order valence-electron chi connectivity index (χ0n) is 17.1. The molecule has 1 aromatic heterocycles. The van der Waals surface area contributed by atoms with Gasteiger partial charge in [0.05, 0.1) is 25.5 Å². The first-order valence-corrected chi connectivity index (χ1v) is 9.86. The van der Waals surface area contributed by atoms with Gasteiger partial charge in [-0.25, -0.2) is 4.98 Å². The molecule has 8 heteroatoms. The molecule has 0 amide bonds. The van der Waals surface area contributed by atoms with E-state index in [0.29, 0.717) is 44.3 Å². The molecule has 158 valence electrons. The summed E-state index contributed by atoms with van der Waals surface area (Å²) in [6.07, 6.45) is 6.74. The summed E-state index contributed by atoms with van der Waals surface area (Å²) < 4.78 is 16.1. The zero-order valence-corrected chi connectivity index (χ0v) is 17.1. The van der Waals surface area contributed by atoms with E-state index < -0.39 is 5.60 Å². The molecule has 2 heterocycles. The lowest BCUT2D eigenvalue weighted by molar-refractivity contribution is 0.0258. The molecular formula is C21H30N4O4. The predicted octanol–water partition coefficient (Wildman–Crippen LogP) is 1.63. The molecular weight excluding hydrogens is 372 g/mol. The van der Waals surface area contributed by atoms with Crippen LogP contribution in [0.25, 0.3) is 0 Å². The van der Waals surface area contributed by atoms with E-state index in [1.807, 2.05) is 18.2 Å². The van der Waals surface area contributed by atoms with Gasteiger partial charge in [0.25, 0.3) is 0 Å². The highest BCUT2D eigenvalue weighted by atomic mass is 16.5. The minimum absolute atomic E-state index is 0.460. The largest absolute Gasteiger partial charge is 0.493 e. The number of nitrogens with zero attached hydrogens (tertiary/aromatic N) is 3. The van der Waals surface area contributed by atoms with Crippen molar-refractivity contribution in [3.05, 3.63) is 42.4 Å². The molecule has 8 nitrogen and oxygen atoms in total. The van der Waals surface area contributed by atoms with Crippen LogP contribution in [0.5, 0.6) is 11.5 Å². The lowest BCUT2D eigenvalue weighted by Gasteiger charge is -2.39. The smallest absolute Gasteiger partial charge is 0.161 e. The summed E-state index contributed by atoms with van der Waals surface area (Å²) in [5, 5.41) is 14.4. The van der Waals surface area contributed by atoms with Crippen LogP contribution in [-0.2, 0) is 11.3 Å². The molecule has 2 N–H and O–H groups in total. The molecule has 0 bridgehead atoms. The number of benzene rings is 1. The van der Waals surface area contributed by atoms with Crippen molar-refractivity contribution in [1.82, 2.24) is 15.3 Å². The van der Waals surface area contributed by atoms with Crippen LogP contribution >= 0.6 is 0 Å². The van der Waals surface area contributed by atoms with Crippen LogP contribution in [0, 0.1) is 0 Å². The Morgan fingerprint density at radius 3 is 2.86 bits per heavy atom. The highest BCUT2D eigenvalue weighted by molar-refractivity contribution is 5.43. The van der Waals surface area contributed by atoms with Crippen molar-refractivity contribution in [2.24, 2.45) is 0 Å². The van der Waals surface area contributed by atoms with Crippen molar-refractivity contribution in [1.29, 1.82) is 0 Å². The van der Waals surface area contributed by atoms with Crippen molar-refractivity contribution in [3.8, 4) is 11.5 Å². The molecule has 0 unspecified atom stereocenters. The first-order chi connectivity index (χ1) is 14.1. The Labute approximate surface area is 171 Å². The fourth-order valence-corrected chi connectivity index (χ4v) is 3.53. The first kappa shape index (κ1) is 21.3. The molecule has 29 heavy (non-hydrogen) atoms. The van der Waals surface area contributed by atoms with E-state index in [1.54, 1.807) is 32.8 Å². The van der Waals surface area contributed by atoms with Gasteiger partial charge in [0.15, 0.2) is 11.5 Å². The summed E-state index contributed by atoms with van der Waals surface area (Å²) >= 11 is 0. The van der Waals surface area contributed by atoms with E-state index in [9.17, 15) is 5.11 Å². The van der Waals surface area contributed by atoms with E-state index >= 15 is 0 Å². The maximum Gasteiger partial charge on any atom is 0.161 e. The van der Waals surface area contributed by atoms with Crippen LogP contribution in [0.15, 0.2) is 36.8 Å². The summed E-state index contributed by atoms with van der Waals surface area (Å²) in [6.45, 7) is 3.50. The molecule has 0 spiro atoms. The zero-order chi connectivity index (χ0) is 20.5. The number of hydrogen-bond donors (Lipinski definition) is 2. The van der Waals surface area contributed by atoms with Crippen molar-refractivity contribution < 1.29 is 19.3 Å². The molecule has 0 radical (unpaired) electrons. The molecule has 0 saturated carbocycles. The van der Waals surface area contributed by atoms with Crippen LogP contribution in [-0.4, -0.2) is 67.7 Å². The Morgan fingerprint density at radius 1 is 1.21 bits per heavy atom. The fourth-order valence-electron chi connectivity index (χ4n) is 3.53. The third-order valence-electron chi connectivity index (χ3n) is 4.99. The van der Waals surface area contributed by atoms with Gasteiger partial charge in [-0.05, 0) is 30.5 Å². The normalized spacial score (nSPS) is 19.2. The molecule has 1 aromatic carbocycles. The maximum absolute atomic E-state index is 11.1. The van der Waals surface area contributed by atoms with Crippen LogP contribution in [0.1, 0.15) is 18.4 Å². The van der Waals surface area contributed by atoms with Crippen LogP contribution in [0.2, 0.25) is 0 Å². The number of aromatic nitrogens is 2. The summed E-state index contributed by atoms with van der Waals surface area (Å²) in [5.41, 5.74) is 0.253. The Hall–Kier alpha value is -2.42. The van der Waals surface area contributed by atoms with Gasteiger partial charge in [-0.15, -0.1) is 0 Å². The molecule has 3 rings (SSSR count). The highest BCUT2D eigenvalue weighted by Gasteiger charge is 2.33. The number of anilines is 1. The number of nitrogens with one attached hydrogen (secondary N) is 1. The number of ether oxygens (including phenoxy) is 3. The first-order valence-electron chi connectivity index (χ1n) is 9.86. The topological polar surface area (TPSA) is 89.0 Å². The van der Waals surface area contributed by atoms with Crippen molar-refractivity contribution in [3.63, 3.8) is 0 Å². The van der Waals surface area contributed by atoms with Gasteiger partial charge in [0.2, 0.25) is 0 Å². The van der Waals surface area contributed by atoms with Gasteiger partial charge in [0, 0.05) is 45.7 Å². The van der Waals surface area contributed by atoms with Gasteiger partial charge in [-0.1, -0.05) is 6.07 Å². The van der Waals surface area contributed by atoms with E-state index in [4.69, 9.17) is 14.2 Å². The SMILES string of the molecule is COCCOc1cc(CNC[C@]2(O)CCCN(c3cnccn3)C2)ccc1OC. The van der Waals surface area contributed by atoms with Gasteiger partial charge in [0.1, 0.15) is 12.4 Å². The summed E-state index contributed by atoms with van der Waals surface area (Å²) in [5.74, 6) is 2.18. The van der Waals surface area contributed by atoms with E-state index in [-0.39, 0.29) is 0 Å². The minimum Gasteiger partial charge on any atom is -0.493 e. The van der Waals surface area contributed by atoms with Crippen molar-refractivity contribution in [2.45, 2.75) is 25.0 Å². The Balaban J connectivity index is 1.55. The minimum atomic E-state index is -0.806. The maximum atomic E-state index is 11.1. The average Bonchev–Trinajstić information content (AvgIpc) is 2.75. The van der Waals surface area contributed by atoms with Crippen molar-refractivity contribution >= 4 is 5.82 Å². The molecule has 2 aromatic rings. The molecule has 1 aliphatic heterocycles. The number of aliphatic hydroxyl groups is 1. The lowest BCUT2D eigenvalue weighted by Crippen LogP contribution is -2.53. The standard InChI is InChI=1S/C21H30N4O4/c1-27-10-11-29-19-12-17(4-5-18(19)28-2)13-23-15-21(26)6-3-9-25(16-21)20-14-22-7-8-24-20/h4-5,7-8,12,14,23,26H,3,6,9-11,13,15-16H2,1-2H3/t21-/m1/s1. The number of piperidine rings is 1. The lowest BCUT2D eigenvalue weighted by atomic mass is 9.92. The van der Waals surface area contributed by atoms with Gasteiger partial charge >= 0.3 is 0 Å². The number of rotatable bonds is 10. The summed E-state index contributed by atoms with van der Waals surface area (Å²) in [7, 11) is 3.26. The van der Waals surface area contributed by atoms with Crippen LogP contribution in [0.4, 0.5) is 5.82 Å². The summed E-state index contributed by atoms with van der Waals surface area (Å²) in [6, 6.07) is 5.84. The molecule has 1 saturated heterocycles. The van der Waals surface area contributed by atoms with Gasteiger partial charge < -0.3 is 29.5 Å². The Bertz CT molecular complexity index is 762. The second kappa shape index (κ2) is 10.4. The van der Waals surface area contributed by atoms with E-state index in [0.717, 1.165) is 30.8 Å². The number of hydrogen-bond acceptors (Lipinski definition) is 8. The average molecular weight is 402 g/mol. The molecule has 1 fully saturated rings. The van der Waals surface area contributed by atoms with E-state index in [2.05, 4.69) is 20.2 Å². The molecule has 1 aliphatic rings. The Kier molecular flexibility index (Phi) is 7.62. The fraction of sp³-hybridized carbons (Fsp3) is 0.524. The number of methoxy groups -OCH3 is 2. The second-order valence-corrected chi connectivity index (χ2v) is 7.24. The van der Waals surface area contributed by atoms with Gasteiger partial charge in [-0.3, -0.25) is 4.98 Å². The molecule has 0 aliphatic carbocycles. The van der Waals surface area contributed by atoms with Gasteiger partial charge in [-0.2, -0.15) is 0 Å². The molecule has 1 atom stereocenters.